The number of fused-ring (bicyclic) bond motifs is 3. The quantitative estimate of drug-likeness (QED) is 0.134. The van der Waals surface area contributed by atoms with Crippen LogP contribution < -0.4 is 4.74 Å². The number of carbonyl (C=O) groups excluding carboxylic acids is 3. The molecule has 0 aromatic heterocycles. The average molecular weight is 888 g/mol. The molecule has 11 nitrogen and oxygen atoms in total. The summed E-state index contributed by atoms with van der Waals surface area (Å²) in [6.45, 7) is 23.8. The molecule has 0 amide bonds. The lowest BCUT2D eigenvalue weighted by atomic mass is 9.44. The lowest BCUT2D eigenvalue weighted by molar-refractivity contribution is -0.197. The van der Waals surface area contributed by atoms with Crippen LogP contribution in [-0.4, -0.2) is 124 Å². The number of ether oxygens (including phenoxy) is 4. The molecule has 8 rings (SSSR count). The maximum Gasteiger partial charge on any atom is 0.330 e. The summed E-state index contributed by atoms with van der Waals surface area (Å²) in [6.07, 6.45) is 4.67. The highest BCUT2D eigenvalue weighted by Gasteiger charge is 2.68. The number of phenols is 1. The van der Waals surface area contributed by atoms with E-state index in [1.807, 2.05) is 19.9 Å². The van der Waals surface area contributed by atoms with Gasteiger partial charge in [-0.2, -0.15) is 0 Å². The standard InChI is InChI=1S/C53H81N3O8/c1-28(17-48(58)62-44-19-36-29(2)22-54(9)25-39(36)32(44)5)13-15-42-49(51(59)63-45-20-37-30(3)23-55(10)26-40(37)33(45)6)50(35-14-16-43(57)47(18-35)61-12)53(42,8)52(60)64-46-21-38-31(4)24-56(11)27-41(38)34(46)7/h14,16-18,29-34,36-42,44-46,49-50,57H,13,15,19-27H2,1-12H3/b28-17+/t29-,30-,31-,32-,33-,34-,36-,37-,38-,39-,40-,41-,42-,44+,45+,46+,49-,50-,53-/m0/s1. The fraction of sp³-hybridized carbons (Fsp3) is 0.792. The maximum absolute atomic E-state index is 15.3. The van der Waals surface area contributed by atoms with Crippen molar-refractivity contribution in [3.8, 4) is 11.5 Å². The minimum absolute atomic E-state index is 0.00580. The van der Waals surface area contributed by atoms with Gasteiger partial charge in [-0.1, -0.05) is 53.2 Å². The van der Waals surface area contributed by atoms with Crippen molar-refractivity contribution in [2.75, 3.05) is 67.5 Å². The summed E-state index contributed by atoms with van der Waals surface area (Å²) in [5.74, 6) is 3.00. The Kier molecular flexibility index (Phi) is 13.7. The molecule has 3 aliphatic heterocycles. The Morgan fingerprint density at radius 3 is 1.66 bits per heavy atom. The first kappa shape index (κ1) is 47.3. The van der Waals surface area contributed by atoms with Crippen molar-refractivity contribution < 1.29 is 38.4 Å². The van der Waals surface area contributed by atoms with Gasteiger partial charge in [0, 0.05) is 51.3 Å². The number of esters is 3. The monoisotopic (exact) mass is 888 g/mol. The van der Waals surface area contributed by atoms with Gasteiger partial charge in [0.15, 0.2) is 11.5 Å². The molecule has 0 unspecified atom stereocenters. The summed E-state index contributed by atoms with van der Waals surface area (Å²) in [6, 6.07) is 5.19. The summed E-state index contributed by atoms with van der Waals surface area (Å²) < 4.78 is 25.3. The maximum atomic E-state index is 15.3. The highest BCUT2D eigenvalue weighted by atomic mass is 16.6. The first-order valence-corrected chi connectivity index (χ1v) is 25.0. The molecule has 1 N–H and O–H groups in total. The van der Waals surface area contributed by atoms with Crippen LogP contribution in [0.4, 0.5) is 0 Å². The Bertz CT molecular complexity index is 1920. The Labute approximate surface area is 384 Å². The number of nitrogens with zero attached hydrogens (tertiary/aromatic N) is 3. The second-order valence-corrected chi connectivity index (χ2v) is 23.1. The number of likely N-dealkylation sites (tertiary alicyclic amines) is 3. The Morgan fingerprint density at radius 1 is 0.703 bits per heavy atom. The highest BCUT2D eigenvalue weighted by molar-refractivity contribution is 5.87. The summed E-state index contributed by atoms with van der Waals surface area (Å²) in [5.41, 5.74) is 0.493. The van der Waals surface area contributed by atoms with Crippen molar-refractivity contribution >= 4 is 17.9 Å². The van der Waals surface area contributed by atoms with Crippen LogP contribution in [0.5, 0.6) is 11.5 Å². The molecule has 7 fully saturated rings. The van der Waals surface area contributed by atoms with Crippen LogP contribution in [0.1, 0.15) is 99.0 Å². The number of rotatable bonds is 11. The van der Waals surface area contributed by atoms with Gasteiger partial charge >= 0.3 is 17.9 Å². The van der Waals surface area contributed by atoms with E-state index < -0.39 is 23.2 Å². The van der Waals surface area contributed by atoms with Crippen LogP contribution >= 0.6 is 0 Å². The predicted molar refractivity (Wildman–Crippen MR) is 247 cm³/mol. The molecule has 11 heteroatoms. The van der Waals surface area contributed by atoms with E-state index in [1.54, 1.807) is 18.2 Å². The number of aromatic hydroxyl groups is 1. The fourth-order valence-corrected chi connectivity index (χ4v) is 15.4. The van der Waals surface area contributed by atoms with E-state index >= 15 is 9.59 Å². The molecule has 19 atom stereocenters. The van der Waals surface area contributed by atoms with E-state index in [1.165, 1.54) is 7.11 Å². The number of methoxy groups -OCH3 is 1. The van der Waals surface area contributed by atoms with Crippen LogP contribution in [0.15, 0.2) is 29.8 Å². The smallest absolute Gasteiger partial charge is 0.330 e. The van der Waals surface area contributed by atoms with E-state index in [-0.39, 0.29) is 59.6 Å². The van der Waals surface area contributed by atoms with E-state index in [4.69, 9.17) is 18.9 Å². The zero-order valence-electron chi connectivity index (χ0n) is 41.1. The average Bonchev–Trinajstić information content (AvgIpc) is 3.83. The van der Waals surface area contributed by atoms with Gasteiger partial charge in [-0.3, -0.25) is 9.59 Å². The largest absolute Gasteiger partial charge is 0.504 e. The summed E-state index contributed by atoms with van der Waals surface area (Å²) in [7, 11) is 8.07. The number of hydrogen-bond acceptors (Lipinski definition) is 11. The summed E-state index contributed by atoms with van der Waals surface area (Å²) in [5, 5.41) is 10.7. The second-order valence-electron chi connectivity index (χ2n) is 23.1. The van der Waals surface area contributed by atoms with Gasteiger partial charge in [0.1, 0.15) is 18.3 Å². The van der Waals surface area contributed by atoms with Gasteiger partial charge in [-0.05, 0) is 162 Å². The van der Waals surface area contributed by atoms with Crippen molar-refractivity contribution in [3.05, 3.63) is 35.4 Å². The number of allylic oxidation sites excluding steroid dienone is 1. The van der Waals surface area contributed by atoms with E-state index in [9.17, 15) is 9.90 Å². The molecular formula is C53H81N3O8. The molecule has 0 radical (unpaired) electrons. The van der Waals surface area contributed by atoms with Crippen molar-refractivity contribution in [2.24, 2.45) is 88.3 Å². The zero-order valence-corrected chi connectivity index (χ0v) is 41.1. The van der Waals surface area contributed by atoms with Gasteiger partial charge in [-0.15, -0.1) is 0 Å². The first-order chi connectivity index (χ1) is 30.3. The molecule has 0 spiro atoms. The van der Waals surface area contributed by atoms with Gasteiger partial charge in [-0.25, -0.2) is 4.79 Å². The number of piperidine rings is 3. The molecule has 356 valence electrons. The van der Waals surface area contributed by atoms with Gasteiger partial charge < -0.3 is 38.8 Å². The van der Waals surface area contributed by atoms with E-state index in [2.05, 4.69) is 77.4 Å². The number of carbonyl (C=O) groups is 3. The molecule has 4 aliphatic carbocycles. The fourth-order valence-electron chi connectivity index (χ4n) is 15.4. The van der Waals surface area contributed by atoms with Crippen LogP contribution in [0.3, 0.4) is 0 Å². The minimum Gasteiger partial charge on any atom is -0.504 e. The zero-order chi connectivity index (χ0) is 46.1. The molecule has 4 saturated carbocycles. The molecule has 0 bridgehead atoms. The topological polar surface area (TPSA) is 118 Å². The molecule has 1 aromatic rings. The SMILES string of the molecule is COc1cc([C@H]2[C@@H](C(=O)O[C@@H]3C[C@@H]4[C@@H](CN(C)C[C@@H]4C)[C@@H]3C)[C@H](CC/C(C)=C/C(=O)O[C@@H]3C[C@@H]4[C@@H](CN(C)C[C@@H]4C)[C@@H]3C)[C@]2(C)C(=O)O[C@@H]2C[C@@H]3[C@@H](CN(C)C[C@@H]3C)[C@@H]2C)ccc1O. The lowest BCUT2D eigenvalue weighted by Crippen LogP contribution is -2.61. The predicted octanol–water partition coefficient (Wildman–Crippen LogP) is 7.76. The third-order valence-corrected chi connectivity index (χ3v) is 19.0. The lowest BCUT2D eigenvalue weighted by Gasteiger charge is -2.57. The molecule has 64 heavy (non-hydrogen) atoms. The molecule has 7 aliphatic rings. The molecular weight excluding hydrogens is 807 g/mol. The van der Waals surface area contributed by atoms with Crippen molar-refractivity contribution in [3.63, 3.8) is 0 Å². The molecule has 3 saturated heterocycles. The highest BCUT2D eigenvalue weighted by Crippen LogP contribution is 2.65. The normalized spacial score (nSPS) is 43.7. The Morgan fingerprint density at radius 2 is 1.17 bits per heavy atom. The van der Waals surface area contributed by atoms with Crippen LogP contribution in [0.2, 0.25) is 0 Å². The third-order valence-electron chi connectivity index (χ3n) is 19.0. The van der Waals surface area contributed by atoms with E-state index in [0.29, 0.717) is 72.0 Å². The third kappa shape index (κ3) is 8.65. The van der Waals surface area contributed by atoms with Gasteiger partial charge in [0.25, 0.3) is 0 Å². The van der Waals surface area contributed by atoms with E-state index in [0.717, 1.165) is 69.7 Å². The Balaban J connectivity index is 1.07. The first-order valence-electron chi connectivity index (χ1n) is 25.0. The van der Waals surface area contributed by atoms with Crippen LogP contribution in [-0.2, 0) is 28.6 Å². The number of phenolic OH excluding ortho intramolecular Hbond substituents is 1. The van der Waals surface area contributed by atoms with Crippen LogP contribution in [0.25, 0.3) is 0 Å². The van der Waals surface area contributed by atoms with Crippen molar-refractivity contribution in [1.29, 1.82) is 0 Å². The van der Waals surface area contributed by atoms with Crippen molar-refractivity contribution in [2.45, 2.75) is 112 Å². The van der Waals surface area contributed by atoms with Gasteiger partial charge in [0.2, 0.25) is 0 Å². The number of benzene rings is 1. The Hall–Kier alpha value is -3.15. The summed E-state index contributed by atoms with van der Waals surface area (Å²) in [4.78, 5) is 51.2. The molecule has 1 aromatic carbocycles. The molecule has 3 heterocycles. The van der Waals surface area contributed by atoms with Gasteiger partial charge in [0.05, 0.1) is 18.4 Å². The van der Waals surface area contributed by atoms with Crippen LogP contribution in [0, 0.1) is 88.3 Å². The minimum atomic E-state index is -1.10. The second kappa shape index (κ2) is 18.5. The number of hydrogen-bond donors (Lipinski definition) is 1. The summed E-state index contributed by atoms with van der Waals surface area (Å²) >= 11 is 0. The van der Waals surface area contributed by atoms with Crippen molar-refractivity contribution in [1.82, 2.24) is 14.7 Å².